The third-order valence-electron chi connectivity index (χ3n) is 2.22. The van der Waals surface area contributed by atoms with Gasteiger partial charge < -0.3 is 10.5 Å². The number of nitrogens with two attached hydrogens (primary N) is 1. The number of esters is 1. The fourth-order valence-electron chi connectivity index (χ4n) is 1.36. The Morgan fingerprint density at radius 1 is 1.60 bits per heavy atom. The van der Waals surface area contributed by atoms with Crippen molar-refractivity contribution in [3.63, 3.8) is 0 Å². The van der Waals surface area contributed by atoms with E-state index in [2.05, 4.69) is 4.74 Å². The van der Waals surface area contributed by atoms with Crippen LogP contribution in [0.1, 0.15) is 27.7 Å². The molecule has 0 aliphatic rings. The van der Waals surface area contributed by atoms with Gasteiger partial charge in [0.25, 0.3) is 0 Å². The number of hydrogen-bond donors (Lipinski definition) is 1. The molecule has 0 saturated carbocycles. The van der Waals surface area contributed by atoms with Gasteiger partial charge in [-0.05, 0) is 24.1 Å². The lowest BCUT2D eigenvalue weighted by atomic mass is 10.0. The van der Waals surface area contributed by atoms with Gasteiger partial charge in [0, 0.05) is 6.54 Å². The first-order chi connectivity index (χ1) is 7.10. The number of halogens is 1. The summed E-state index contributed by atoms with van der Waals surface area (Å²) in [6.45, 7) is 1.68. The van der Waals surface area contributed by atoms with Gasteiger partial charge in [0.15, 0.2) is 0 Å². The van der Waals surface area contributed by atoms with E-state index in [4.69, 9.17) is 5.73 Å². The number of rotatable bonds is 3. The van der Waals surface area contributed by atoms with Crippen molar-refractivity contribution in [3.05, 3.63) is 34.9 Å². The predicted molar refractivity (Wildman–Crippen MR) is 55.4 cm³/mol. The van der Waals surface area contributed by atoms with Crippen LogP contribution in [0.15, 0.2) is 18.2 Å². The minimum atomic E-state index is -1.18. The minimum absolute atomic E-state index is 0.0585. The third kappa shape index (κ3) is 2.53. The molecule has 0 saturated heterocycles. The Hall–Kier alpha value is -1.42. The molecular weight excluding hydrogens is 197 g/mol. The molecule has 0 heterocycles. The molecule has 0 aliphatic heterocycles. The van der Waals surface area contributed by atoms with E-state index in [0.29, 0.717) is 16.7 Å². The van der Waals surface area contributed by atoms with Crippen molar-refractivity contribution in [1.82, 2.24) is 0 Å². The Balaban J connectivity index is 3.03. The summed E-state index contributed by atoms with van der Waals surface area (Å²) in [5.41, 5.74) is 6.84. The molecule has 1 rings (SSSR count). The Morgan fingerprint density at radius 2 is 2.27 bits per heavy atom. The van der Waals surface area contributed by atoms with Crippen LogP contribution in [-0.2, 0) is 4.74 Å². The lowest BCUT2D eigenvalue weighted by Gasteiger charge is -2.09. The maximum atomic E-state index is 13.2. The van der Waals surface area contributed by atoms with Crippen molar-refractivity contribution in [3.8, 4) is 0 Å². The largest absolute Gasteiger partial charge is 0.465 e. The van der Waals surface area contributed by atoms with E-state index in [0.717, 1.165) is 0 Å². The van der Waals surface area contributed by atoms with Crippen molar-refractivity contribution in [2.75, 3.05) is 13.7 Å². The van der Waals surface area contributed by atoms with Crippen molar-refractivity contribution >= 4 is 5.97 Å². The molecule has 1 aromatic carbocycles. The normalized spacial score (nSPS) is 12.3. The number of carbonyl (C=O) groups excluding carboxylic acids is 1. The van der Waals surface area contributed by atoms with Gasteiger partial charge in [-0.3, -0.25) is 0 Å². The molecule has 82 valence electrons. The Bertz CT molecular complexity index is 366. The van der Waals surface area contributed by atoms with Crippen molar-refractivity contribution < 1.29 is 13.9 Å². The summed E-state index contributed by atoms with van der Waals surface area (Å²) in [7, 11) is 1.31. The molecule has 0 aliphatic carbocycles. The maximum absolute atomic E-state index is 13.2. The number of methoxy groups -OCH3 is 1. The number of aryl methyl sites for hydroxylation is 1. The second-order valence-electron chi connectivity index (χ2n) is 3.27. The van der Waals surface area contributed by atoms with Gasteiger partial charge in [0.05, 0.1) is 12.7 Å². The summed E-state index contributed by atoms with van der Waals surface area (Å²) in [5, 5.41) is 0. The van der Waals surface area contributed by atoms with Crippen LogP contribution in [0.3, 0.4) is 0 Å². The standard InChI is InChI=1S/C11H14FNO2/c1-7-5-8(10(12)6-13)3-4-9(7)11(14)15-2/h3-5,10H,6,13H2,1-2H3. The van der Waals surface area contributed by atoms with E-state index in [1.807, 2.05) is 0 Å². The Morgan fingerprint density at radius 3 is 2.73 bits per heavy atom. The van der Waals surface area contributed by atoms with Crippen molar-refractivity contribution in [2.45, 2.75) is 13.1 Å². The number of alkyl halides is 1. The van der Waals surface area contributed by atoms with E-state index >= 15 is 0 Å². The fraction of sp³-hybridized carbons (Fsp3) is 0.364. The predicted octanol–water partition coefficient (Wildman–Crippen LogP) is 1.75. The van der Waals surface area contributed by atoms with Crippen LogP contribution in [-0.4, -0.2) is 19.6 Å². The second kappa shape index (κ2) is 4.89. The SMILES string of the molecule is COC(=O)c1ccc(C(F)CN)cc1C. The zero-order valence-corrected chi connectivity index (χ0v) is 8.79. The van der Waals surface area contributed by atoms with Gasteiger partial charge in [-0.25, -0.2) is 9.18 Å². The molecule has 1 aromatic rings. The average molecular weight is 211 g/mol. The molecule has 0 aromatic heterocycles. The molecule has 1 atom stereocenters. The molecule has 0 spiro atoms. The molecule has 0 fully saturated rings. The minimum Gasteiger partial charge on any atom is -0.465 e. The quantitative estimate of drug-likeness (QED) is 0.775. The number of ether oxygens (including phenoxy) is 1. The zero-order chi connectivity index (χ0) is 11.4. The van der Waals surface area contributed by atoms with Crippen LogP contribution in [0, 0.1) is 6.92 Å². The molecule has 2 N–H and O–H groups in total. The highest BCUT2D eigenvalue weighted by molar-refractivity contribution is 5.90. The van der Waals surface area contributed by atoms with E-state index in [1.54, 1.807) is 25.1 Å². The highest BCUT2D eigenvalue weighted by Gasteiger charge is 2.12. The molecule has 1 unspecified atom stereocenters. The molecule has 15 heavy (non-hydrogen) atoms. The van der Waals surface area contributed by atoms with Crippen LogP contribution in [0.5, 0.6) is 0 Å². The first kappa shape index (κ1) is 11.7. The molecule has 0 bridgehead atoms. The first-order valence-corrected chi connectivity index (χ1v) is 4.63. The molecular formula is C11H14FNO2. The van der Waals surface area contributed by atoms with Gasteiger partial charge >= 0.3 is 5.97 Å². The topological polar surface area (TPSA) is 52.3 Å². The van der Waals surface area contributed by atoms with Gasteiger partial charge in [0.2, 0.25) is 0 Å². The fourth-order valence-corrected chi connectivity index (χ4v) is 1.36. The van der Waals surface area contributed by atoms with Crippen LogP contribution in [0.25, 0.3) is 0 Å². The van der Waals surface area contributed by atoms with Gasteiger partial charge in [-0.1, -0.05) is 12.1 Å². The first-order valence-electron chi connectivity index (χ1n) is 4.63. The van der Waals surface area contributed by atoms with Gasteiger partial charge in [-0.15, -0.1) is 0 Å². The lowest BCUT2D eigenvalue weighted by molar-refractivity contribution is 0.0600. The van der Waals surface area contributed by atoms with E-state index in [9.17, 15) is 9.18 Å². The van der Waals surface area contributed by atoms with Crippen LogP contribution in [0.2, 0.25) is 0 Å². The molecule has 0 radical (unpaired) electrons. The van der Waals surface area contributed by atoms with Crippen molar-refractivity contribution in [1.29, 1.82) is 0 Å². The highest BCUT2D eigenvalue weighted by atomic mass is 19.1. The second-order valence-corrected chi connectivity index (χ2v) is 3.27. The molecule has 3 nitrogen and oxygen atoms in total. The highest BCUT2D eigenvalue weighted by Crippen LogP contribution is 2.20. The zero-order valence-electron chi connectivity index (χ0n) is 8.79. The summed E-state index contributed by atoms with van der Waals surface area (Å²) < 4.78 is 17.8. The summed E-state index contributed by atoms with van der Waals surface area (Å²) in [4.78, 5) is 11.2. The van der Waals surface area contributed by atoms with Gasteiger partial charge in [-0.2, -0.15) is 0 Å². The molecule has 0 amide bonds. The van der Waals surface area contributed by atoms with E-state index < -0.39 is 12.1 Å². The van der Waals surface area contributed by atoms with Crippen molar-refractivity contribution in [2.24, 2.45) is 5.73 Å². The Labute approximate surface area is 88.0 Å². The summed E-state index contributed by atoms with van der Waals surface area (Å²) >= 11 is 0. The number of hydrogen-bond acceptors (Lipinski definition) is 3. The average Bonchev–Trinajstić information content (AvgIpc) is 2.26. The number of benzene rings is 1. The monoisotopic (exact) mass is 211 g/mol. The van der Waals surface area contributed by atoms with Crippen LogP contribution >= 0.6 is 0 Å². The smallest absolute Gasteiger partial charge is 0.338 e. The Kier molecular flexibility index (Phi) is 3.80. The number of carbonyl (C=O) groups is 1. The summed E-state index contributed by atoms with van der Waals surface area (Å²) in [5.74, 6) is -0.415. The molecule has 4 heteroatoms. The maximum Gasteiger partial charge on any atom is 0.338 e. The van der Waals surface area contributed by atoms with E-state index in [-0.39, 0.29) is 6.54 Å². The van der Waals surface area contributed by atoms with Gasteiger partial charge in [0.1, 0.15) is 6.17 Å². The van der Waals surface area contributed by atoms with E-state index in [1.165, 1.54) is 7.11 Å². The lowest BCUT2D eigenvalue weighted by Crippen LogP contribution is -2.09. The summed E-state index contributed by atoms with van der Waals surface area (Å²) in [6, 6.07) is 4.72. The summed E-state index contributed by atoms with van der Waals surface area (Å²) in [6.07, 6.45) is -1.18. The van der Waals surface area contributed by atoms with Crippen LogP contribution < -0.4 is 5.73 Å². The third-order valence-corrected chi connectivity index (χ3v) is 2.22. The van der Waals surface area contributed by atoms with Crippen LogP contribution in [0.4, 0.5) is 4.39 Å².